The third-order valence-corrected chi connectivity index (χ3v) is 7.96. The molecule has 4 bridgehead atoms. The average molecular weight is 439 g/mol. The van der Waals surface area contributed by atoms with Gasteiger partial charge in [0.05, 0.1) is 11.3 Å². The molecule has 0 spiro atoms. The lowest BCUT2D eigenvalue weighted by atomic mass is 9.52. The van der Waals surface area contributed by atoms with E-state index in [0.29, 0.717) is 29.1 Å². The van der Waals surface area contributed by atoms with Crippen LogP contribution in [0.25, 0.3) is 0 Å². The summed E-state index contributed by atoms with van der Waals surface area (Å²) in [7, 11) is 1.73. The van der Waals surface area contributed by atoms with Gasteiger partial charge >= 0.3 is 0 Å². The van der Waals surface area contributed by atoms with Crippen LogP contribution in [-0.4, -0.2) is 33.0 Å². The minimum atomic E-state index is -0.545. The van der Waals surface area contributed by atoms with E-state index in [1.807, 2.05) is 13.8 Å². The van der Waals surface area contributed by atoms with E-state index in [0.717, 1.165) is 37.7 Å². The molecule has 2 aromatic rings. The van der Waals surface area contributed by atoms with Crippen molar-refractivity contribution < 1.29 is 19.1 Å². The molecule has 1 amide bonds. The van der Waals surface area contributed by atoms with E-state index in [-0.39, 0.29) is 29.2 Å². The van der Waals surface area contributed by atoms with Crippen LogP contribution in [0.5, 0.6) is 0 Å². The molecule has 2 unspecified atom stereocenters. The van der Waals surface area contributed by atoms with Crippen LogP contribution in [0.4, 0.5) is 4.39 Å². The summed E-state index contributed by atoms with van der Waals surface area (Å²) in [6, 6.07) is 7.48. The topological polar surface area (TPSA) is 71.3 Å². The van der Waals surface area contributed by atoms with Crippen molar-refractivity contribution >= 4 is 11.7 Å². The predicted molar refractivity (Wildman–Crippen MR) is 119 cm³/mol. The number of rotatable bonds is 5. The minimum absolute atomic E-state index is 0.0511. The summed E-state index contributed by atoms with van der Waals surface area (Å²) >= 11 is 0. The van der Waals surface area contributed by atoms with Gasteiger partial charge in [-0.25, -0.2) is 4.39 Å². The second-order valence-corrected chi connectivity index (χ2v) is 10.6. The Bertz CT molecular complexity index is 1070. The Hall–Kier alpha value is -2.47. The maximum atomic E-state index is 13.7. The van der Waals surface area contributed by atoms with E-state index < -0.39 is 11.4 Å². The van der Waals surface area contributed by atoms with Crippen molar-refractivity contribution in [2.45, 2.75) is 63.5 Å². The van der Waals surface area contributed by atoms with Gasteiger partial charge in [-0.05, 0) is 79.5 Å². The molecule has 1 heterocycles. The van der Waals surface area contributed by atoms with Crippen LogP contribution < -0.4 is 5.32 Å². The van der Waals surface area contributed by atoms with E-state index in [4.69, 9.17) is 0 Å². The van der Waals surface area contributed by atoms with Gasteiger partial charge in [-0.1, -0.05) is 26.0 Å². The summed E-state index contributed by atoms with van der Waals surface area (Å²) in [5.41, 5.74) is 1.40. The van der Waals surface area contributed by atoms with Crippen molar-refractivity contribution in [2.75, 3.05) is 0 Å². The van der Waals surface area contributed by atoms with Crippen LogP contribution in [0.3, 0.4) is 0 Å². The lowest BCUT2D eigenvalue weighted by Gasteiger charge is -2.58. The molecule has 170 valence electrons. The van der Waals surface area contributed by atoms with E-state index in [1.54, 1.807) is 23.7 Å². The Labute approximate surface area is 188 Å². The van der Waals surface area contributed by atoms with Gasteiger partial charge in [-0.15, -0.1) is 0 Å². The van der Waals surface area contributed by atoms with Crippen LogP contribution in [0.1, 0.15) is 84.0 Å². The fourth-order valence-electron chi connectivity index (χ4n) is 6.78. The molecular formula is C26H31FN2O3. The van der Waals surface area contributed by atoms with Crippen LogP contribution >= 0.6 is 0 Å². The molecule has 4 saturated carbocycles. The van der Waals surface area contributed by atoms with Crippen molar-refractivity contribution in [3.63, 3.8) is 0 Å². The highest BCUT2D eigenvalue weighted by Gasteiger charge is 2.55. The van der Waals surface area contributed by atoms with E-state index in [2.05, 4.69) is 5.32 Å². The monoisotopic (exact) mass is 438 g/mol. The molecule has 6 rings (SSSR count). The summed E-state index contributed by atoms with van der Waals surface area (Å²) in [5, 5.41) is 14.1. The smallest absolute Gasteiger partial charge is 0.268 e. The lowest BCUT2D eigenvalue weighted by Crippen LogP contribution is -2.61. The molecule has 1 aromatic carbocycles. The molecular weight excluding hydrogens is 407 g/mol. The first kappa shape index (κ1) is 21.4. The Morgan fingerprint density at radius 2 is 1.84 bits per heavy atom. The van der Waals surface area contributed by atoms with Crippen LogP contribution in [0.2, 0.25) is 0 Å². The van der Waals surface area contributed by atoms with Gasteiger partial charge in [-0.2, -0.15) is 0 Å². The fraction of sp³-hybridized carbons (Fsp3) is 0.538. The lowest BCUT2D eigenvalue weighted by molar-refractivity contribution is -0.137. The normalized spacial score (nSPS) is 30.7. The van der Waals surface area contributed by atoms with E-state index >= 15 is 0 Å². The van der Waals surface area contributed by atoms with Crippen molar-refractivity contribution in [1.82, 2.24) is 9.88 Å². The summed E-state index contributed by atoms with van der Waals surface area (Å²) in [6.07, 6.45) is 4.56. The predicted octanol–water partition coefficient (Wildman–Crippen LogP) is 4.19. The number of carbonyl (C=O) groups excluding carboxylic acids is 2. The largest absolute Gasteiger partial charge is 0.390 e. The van der Waals surface area contributed by atoms with Gasteiger partial charge in [0.1, 0.15) is 11.5 Å². The first-order chi connectivity index (χ1) is 15.1. The molecule has 2 atom stereocenters. The number of hydrogen-bond donors (Lipinski definition) is 2. The number of halogens is 1. The molecule has 4 aliphatic rings. The summed E-state index contributed by atoms with van der Waals surface area (Å²) < 4.78 is 15.3. The third kappa shape index (κ3) is 3.49. The molecule has 1 aromatic heterocycles. The second-order valence-electron chi connectivity index (χ2n) is 10.6. The Morgan fingerprint density at radius 1 is 1.16 bits per heavy atom. The summed E-state index contributed by atoms with van der Waals surface area (Å²) in [5.74, 6) is 0.315. The SMILES string of the molecule is CC(C)c1cc(C(=O)c2cccc(F)c2)n(C)c1C(=O)NC1C2CC3CC1CC(O)(C3)C2. The molecule has 0 aliphatic heterocycles. The fourth-order valence-corrected chi connectivity index (χ4v) is 6.78. The molecule has 2 N–H and O–H groups in total. The molecule has 32 heavy (non-hydrogen) atoms. The minimum Gasteiger partial charge on any atom is -0.390 e. The van der Waals surface area contributed by atoms with Crippen LogP contribution in [-0.2, 0) is 7.05 Å². The van der Waals surface area contributed by atoms with Crippen molar-refractivity contribution in [2.24, 2.45) is 24.8 Å². The van der Waals surface area contributed by atoms with Crippen molar-refractivity contribution in [1.29, 1.82) is 0 Å². The highest BCUT2D eigenvalue weighted by molar-refractivity contribution is 6.09. The quantitative estimate of drug-likeness (QED) is 0.688. The summed E-state index contributed by atoms with van der Waals surface area (Å²) in [4.78, 5) is 26.6. The van der Waals surface area contributed by atoms with Gasteiger partial charge in [-0.3, -0.25) is 9.59 Å². The number of aromatic nitrogens is 1. The van der Waals surface area contributed by atoms with Gasteiger partial charge in [0.2, 0.25) is 5.78 Å². The summed E-state index contributed by atoms with van der Waals surface area (Å²) in [6.45, 7) is 4.00. The number of nitrogens with one attached hydrogen (secondary N) is 1. The Morgan fingerprint density at radius 3 is 2.44 bits per heavy atom. The zero-order valence-electron chi connectivity index (χ0n) is 18.9. The number of aliphatic hydroxyl groups is 1. The maximum absolute atomic E-state index is 13.7. The molecule has 4 aliphatic carbocycles. The number of amides is 1. The average Bonchev–Trinajstić information content (AvgIpc) is 3.06. The molecule has 5 nitrogen and oxygen atoms in total. The maximum Gasteiger partial charge on any atom is 0.268 e. The molecule has 4 fully saturated rings. The second kappa shape index (κ2) is 7.55. The highest BCUT2D eigenvalue weighted by Crippen LogP contribution is 2.55. The van der Waals surface area contributed by atoms with Crippen LogP contribution in [0, 0.1) is 23.6 Å². The van der Waals surface area contributed by atoms with Crippen molar-refractivity contribution in [3.05, 3.63) is 58.7 Å². The number of nitrogens with zero attached hydrogens (tertiary/aromatic N) is 1. The first-order valence-electron chi connectivity index (χ1n) is 11.7. The number of benzene rings is 1. The number of hydrogen-bond acceptors (Lipinski definition) is 3. The molecule has 0 saturated heterocycles. The van der Waals surface area contributed by atoms with Gasteiger partial charge in [0.25, 0.3) is 5.91 Å². The molecule has 6 heteroatoms. The van der Waals surface area contributed by atoms with Crippen LogP contribution in [0.15, 0.2) is 30.3 Å². The van der Waals surface area contributed by atoms with E-state index in [1.165, 1.54) is 18.2 Å². The van der Waals surface area contributed by atoms with Gasteiger partial charge < -0.3 is 15.0 Å². The molecule has 0 radical (unpaired) electrons. The highest BCUT2D eigenvalue weighted by atomic mass is 19.1. The van der Waals surface area contributed by atoms with Crippen molar-refractivity contribution in [3.8, 4) is 0 Å². The number of ketones is 1. The Kier molecular flexibility index (Phi) is 5.04. The van der Waals surface area contributed by atoms with E-state index in [9.17, 15) is 19.1 Å². The van der Waals surface area contributed by atoms with Gasteiger partial charge in [0.15, 0.2) is 0 Å². The van der Waals surface area contributed by atoms with Gasteiger partial charge in [0, 0.05) is 18.7 Å². The zero-order valence-corrected chi connectivity index (χ0v) is 18.9. The standard InChI is InChI=1S/C26H31FN2O3/c1-14(2)20-10-21(24(30)16-5-4-6-19(27)9-16)29(3)23(20)25(31)28-22-17-7-15-8-18(22)13-26(32,11-15)12-17/h4-6,9-10,14-15,17-18,22,32H,7-8,11-13H2,1-3H3,(H,28,31). The zero-order chi connectivity index (χ0) is 22.8. The third-order valence-electron chi connectivity index (χ3n) is 7.96. The Balaban J connectivity index is 1.44. The first-order valence-corrected chi connectivity index (χ1v) is 11.7. The number of carbonyl (C=O) groups is 2.